The third kappa shape index (κ3) is 4.25. The highest BCUT2D eigenvalue weighted by atomic mass is 35.5. The van der Waals surface area contributed by atoms with E-state index >= 15 is 0 Å². The Bertz CT molecular complexity index is 835. The molecule has 1 unspecified atom stereocenters. The van der Waals surface area contributed by atoms with Crippen molar-refractivity contribution in [2.24, 2.45) is 5.92 Å². The van der Waals surface area contributed by atoms with Gasteiger partial charge in [0.05, 0.1) is 0 Å². The summed E-state index contributed by atoms with van der Waals surface area (Å²) >= 11 is 6.13. The molecule has 2 aliphatic heterocycles. The molecule has 2 fully saturated rings. The number of likely N-dealkylation sites (tertiary alicyclic amines) is 1. The summed E-state index contributed by atoms with van der Waals surface area (Å²) in [6, 6.07) is 11.8. The van der Waals surface area contributed by atoms with E-state index < -0.39 is 0 Å². The maximum Gasteiger partial charge on any atom is 0.254 e. The van der Waals surface area contributed by atoms with Gasteiger partial charge in [-0.05, 0) is 49.1 Å². The number of hydrogen-bond acceptors (Lipinski definition) is 4. The topological polar surface area (TPSA) is 39.7 Å². The van der Waals surface area contributed by atoms with Crippen LogP contribution in [0.5, 0.6) is 0 Å². The van der Waals surface area contributed by atoms with Crippen LogP contribution in [0.25, 0.3) is 0 Å². The molecule has 0 N–H and O–H groups in total. The van der Waals surface area contributed by atoms with Crippen molar-refractivity contribution in [3.63, 3.8) is 0 Å². The number of hydrogen-bond donors (Lipinski definition) is 0. The second kappa shape index (κ2) is 8.39. The van der Waals surface area contributed by atoms with Gasteiger partial charge in [0.15, 0.2) is 0 Å². The second-order valence-corrected chi connectivity index (χ2v) is 8.29. The van der Waals surface area contributed by atoms with Gasteiger partial charge in [-0.25, -0.2) is 4.98 Å². The Morgan fingerprint density at radius 1 is 1.07 bits per heavy atom. The van der Waals surface area contributed by atoms with Gasteiger partial charge in [0.25, 0.3) is 5.91 Å². The van der Waals surface area contributed by atoms with Gasteiger partial charge in [0.2, 0.25) is 0 Å². The molecule has 0 radical (unpaired) electrons. The zero-order chi connectivity index (χ0) is 19.5. The lowest BCUT2D eigenvalue weighted by atomic mass is 9.99. The Kier molecular flexibility index (Phi) is 5.72. The van der Waals surface area contributed by atoms with E-state index in [0.29, 0.717) is 5.92 Å². The Morgan fingerprint density at radius 3 is 2.61 bits per heavy atom. The summed E-state index contributed by atoms with van der Waals surface area (Å²) in [5.41, 5.74) is 1.90. The van der Waals surface area contributed by atoms with Crippen LogP contribution in [0.1, 0.15) is 30.1 Å². The van der Waals surface area contributed by atoms with Gasteiger partial charge in [-0.1, -0.05) is 24.6 Å². The molecule has 0 spiro atoms. The summed E-state index contributed by atoms with van der Waals surface area (Å²) in [7, 11) is 0. The van der Waals surface area contributed by atoms with Crippen molar-refractivity contribution in [1.29, 1.82) is 0 Å². The summed E-state index contributed by atoms with van der Waals surface area (Å²) in [6.45, 7) is 7.49. The van der Waals surface area contributed by atoms with Gasteiger partial charge in [-0.15, -0.1) is 0 Å². The van der Waals surface area contributed by atoms with Crippen LogP contribution >= 0.6 is 11.6 Å². The first-order valence-electron chi connectivity index (χ1n) is 10.1. The van der Waals surface area contributed by atoms with E-state index in [1.165, 1.54) is 6.42 Å². The average molecular weight is 399 g/mol. The molecule has 2 aromatic rings. The number of pyridine rings is 1. The molecule has 1 aromatic heterocycles. The number of nitrogens with zero attached hydrogens (tertiary/aromatic N) is 4. The molecule has 0 saturated carbocycles. The van der Waals surface area contributed by atoms with Gasteiger partial charge < -0.3 is 14.7 Å². The molecule has 1 amide bonds. The van der Waals surface area contributed by atoms with Crippen LogP contribution in [0, 0.1) is 5.92 Å². The molecule has 2 saturated heterocycles. The van der Waals surface area contributed by atoms with E-state index in [2.05, 4.69) is 27.8 Å². The van der Waals surface area contributed by atoms with Crippen LogP contribution in [-0.4, -0.2) is 55.1 Å². The number of anilines is 2. The molecule has 5 nitrogen and oxygen atoms in total. The Balaban J connectivity index is 1.42. The number of piperazine rings is 1. The lowest BCUT2D eigenvalue weighted by molar-refractivity contribution is 0.0683. The molecule has 0 aliphatic carbocycles. The molecule has 3 heterocycles. The Morgan fingerprint density at radius 2 is 1.86 bits per heavy atom. The lowest BCUT2D eigenvalue weighted by Crippen LogP contribution is -2.47. The van der Waals surface area contributed by atoms with Gasteiger partial charge in [-0.2, -0.15) is 0 Å². The Labute approximate surface area is 171 Å². The summed E-state index contributed by atoms with van der Waals surface area (Å²) < 4.78 is 0. The molecule has 1 aromatic carbocycles. The Hall–Kier alpha value is -2.27. The first kappa shape index (κ1) is 19.1. The van der Waals surface area contributed by atoms with Crippen molar-refractivity contribution in [2.45, 2.75) is 19.8 Å². The minimum Gasteiger partial charge on any atom is -0.368 e. The van der Waals surface area contributed by atoms with Crippen molar-refractivity contribution in [3.05, 3.63) is 53.2 Å². The van der Waals surface area contributed by atoms with E-state index in [1.807, 2.05) is 35.2 Å². The first-order chi connectivity index (χ1) is 13.6. The van der Waals surface area contributed by atoms with Gasteiger partial charge in [0, 0.05) is 61.7 Å². The number of benzene rings is 1. The largest absolute Gasteiger partial charge is 0.368 e. The quantitative estimate of drug-likeness (QED) is 0.785. The molecule has 148 valence electrons. The van der Waals surface area contributed by atoms with Crippen molar-refractivity contribution in [3.8, 4) is 0 Å². The number of piperidine rings is 1. The van der Waals surface area contributed by atoms with Gasteiger partial charge in [0.1, 0.15) is 5.82 Å². The number of rotatable bonds is 3. The predicted molar refractivity (Wildman–Crippen MR) is 114 cm³/mol. The van der Waals surface area contributed by atoms with E-state index in [9.17, 15) is 4.79 Å². The zero-order valence-corrected chi connectivity index (χ0v) is 17.1. The van der Waals surface area contributed by atoms with Crippen LogP contribution < -0.4 is 9.80 Å². The third-order valence-electron chi connectivity index (χ3n) is 5.71. The second-order valence-electron chi connectivity index (χ2n) is 7.86. The number of halogens is 1. The van der Waals surface area contributed by atoms with Crippen LogP contribution in [0.15, 0.2) is 42.6 Å². The summed E-state index contributed by atoms with van der Waals surface area (Å²) in [5.74, 6) is 1.60. The smallest absolute Gasteiger partial charge is 0.254 e. The maximum atomic E-state index is 12.9. The molecule has 2 aliphatic rings. The average Bonchev–Trinajstić information content (AvgIpc) is 2.73. The first-order valence-corrected chi connectivity index (χ1v) is 10.5. The highest BCUT2D eigenvalue weighted by molar-refractivity contribution is 6.30. The SMILES string of the molecule is CC1CCCN(C(=O)c2ccnc(N3CCN(c4cccc(Cl)c4)CC3)c2)C1. The van der Waals surface area contributed by atoms with Crippen LogP contribution in [0.3, 0.4) is 0 Å². The number of aromatic nitrogens is 1. The number of amides is 1. The molecule has 1 atom stereocenters. The minimum atomic E-state index is 0.132. The van der Waals surface area contributed by atoms with Crippen molar-refractivity contribution < 1.29 is 4.79 Å². The van der Waals surface area contributed by atoms with E-state index in [4.69, 9.17) is 11.6 Å². The lowest BCUT2D eigenvalue weighted by Gasteiger charge is -2.37. The zero-order valence-electron chi connectivity index (χ0n) is 16.4. The molecule has 6 heteroatoms. The van der Waals surface area contributed by atoms with Gasteiger partial charge in [-0.3, -0.25) is 4.79 Å². The van der Waals surface area contributed by atoms with E-state index in [0.717, 1.165) is 67.8 Å². The predicted octanol–water partition coefficient (Wildman–Crippen LogP) is 3.93. The van der Waals surface area contributed by atoms with Crippen molar-refractivity contribution in [1.82, 2.24) is 9.88 Å². The normalized spacial score (nSPS) is 20.4. The maximum absolute atomic E-state index is 12.9. The summed E-state index contributed by atoms with van der Waals surface area (Å²) in [5, 5.41) is 0.764. The van der Waals surface area contributed by atoms with Crippen molar-refractivity contribution in [2.75, 3.05) is 49.1 Å². The molecule has 4 rings (SSSR count). The fourth-order valence-corrected chi connectivity index (χ4v) is 4.33. The fourth-order valence-electron chi connectivity index (χ4n) is 4.15. The van der Waals surface area contributed by atoms with E-state index in [-0.39, 0.29) is 5.91 Å². The molecule has 0 bridgehead atoms. The summed E-state index contributed by atoms with van der Waals surface area (Å²) in [4.78, 5) is 24.0. The van der Waals surface area contributed by atoms with Crippen LogP contribution in [0.4, 0.5) is 11.5 Å². The van der Waals surface area contributed by atoms with Gasteiger partial charge >= 0.3 is 0 Å². The highest BCUT2D eigenvalue weighted by Crippen LogP contribution is 2.23. The fraction of sp³-hybridized carbons (Fsp3) is 0.455. The van der Waals surface area contributed by atoms with Crippen molar-refractivity contribution >= 4 is 29.0 Å². The van der Waals surface area contributed by atoms with Crippen LogP contribution in [-0.2, 0) is 0 Å². The highest BCUT2D eigenvalue weighted by Gasteiger charge is 2.24. The molecule has 28 heavy (non-hydrogen) atoms. The number of carbonyl (C=O) groups excluding carboxylic acids is 1. The minimum absolute atomic E-state index is 0.132. The monoisotopic (exact) mass is 398 g/mol. The third-order valence-corrected chi connectivity index (χ3v) is 5.95. The van der Waals surface area contributed by atoms with Crippen LogP contribution in [0.2, 0.25) is 5.02 Å². The standard InChI is InChI=1S/C22H27ClN4O/c1-17-4-3-9-27(16-17)22(28)18-7-8-24-21(14-18)26-12-10-25(11-13-26)20-6-2-5-19(23)15-20/h2,5-8,14-15,17H,3-4,9-13,16H2,1H3. The molecular formula is C22H27ClN4O. The molecular weight excluding hydrogens is 372 g/mol. The number of carbonyl (C=O) groups is 1. The summed E-state index contributed by atoms with van der Waals surface area (Å²) in [6.07, 6.45) is 4.07. The van der Waals surface area contributed by atoms with E-state index in [1.54, 1.807) is 6.20 Å².